The molecule has 154 valence electrons. The molecule has 0 aliphatic carbocycles. The van der Waals surface area contributed by atoms with Crippen molar-refractivity contribution in [3.05, 3.63) is 67.6 Å². The van der Waals surface area contributed by atoms with E-state index < -0.39 is 17.9 Å². The number of imidazole rings is 1. The number of H-pyrrole nitrogens is 1. The Balaban J connectivity index is 1.70. The highest BCUT2D eigenvalue weighted by Gasteiger charge is 2.38. The fourth-order valence-corrected chi connectivity index (χ4v) is 4.40. The van der Waals surface area contributed by atoms with E-state index in [1.807, 2.05) is 19.1 Å². The van der Waals surface area contributed by atoms with Crippen LogP contribution >= 0.6 is 34.2 Å². The highest BCUT2D eigenvalue weighted by molar-refractivity contribution is 14.1. The molecule has 3 aromatic rings. The maximum absolute atomic E-state index is 12.8. The van der Waals surface area contributed by atoms with Crippen LogP contribution in [0.15, 0.2) is 42.1 Å². The second-order valence-corrected chi connectivity index (χ2v) is 8.76. The summed E-state index contributed by atoms with van der Waals surface area (Å²) >= 11 is 8.20. The number of likely N-dealkylation sites (N-methyl/N-ethyl adjacent to an activating group) is 1. The van der Waals surface area contributed by atoms with Gasteiger partial charge >= 0.3 is 0 Å². The molecule has 0 saturated heterocycles. The van der Waals surface area contributed by atoms with Crippen LogP contribution in [-0.2, 0) is 9.59 Å². The van der Waals surface area contributed by atoms with E-state index in [1.165, 1.54) is 7.05 Å². The van der Waals surface area contributed by atoms with Crippen LogP contribution in [0, 0.1) is 10.5 Å². The average Bonchev–Trinajstić information content (AvgIpc) is 3.21. The zero-order valence-electron chi connectivity index (χ0n) is 16.2. The van der Waals surface area contributed by atoms with Gasteiger partial charge in [0, 0.05) is 22.2 Å². The number of carbonyl (C=O) groups excluding carboxylic acids is 2. The number of hydrogen-bond donors (Lipinski definition) is 3. The third-order valence-electron chi connectivity index (χ3n) is 4.97. The summed E-state index contributed by atoms with van der Waals surface area (Å²) in [7, 11) is 1.42. The number of aromatic nitrogens is 2. The van der Waals surface area contributed by atoms with Gasteiger partial charge in [0.1, 0.15) is 17.1 Å². The molecule has 1 aliphatic rings. The van der Waals surface area contributed by atoms with Crippen molar-refractivity contribution in [2.45, 2.75) is 13.0 Å². The number of benzene rings is 2. The van der Waals surface area contributed by atoms with Crippen molar-refractivity contribution in [2.24, 2.45) is 0 Å². The van der Waals surface area contributed by atoms with Crippen LogP contribution in [-0.4, -0.2) is 45.4 Å². The van der Waals surface area contributed by atoms with E-state index in [-0.39, 0.29) is 17.8 Å². The lowest BCUT2D eigenvalue weighted by Gasteiger charge is -2.14. The number of imide groups is 1. The molecule has 30 heavy (non-hydrogen) atoms. The number of halogens is 2. The van der Waals surface area contributed by atoms with Crippen LogP contribution in [0.1, 0.15) is 23.1 Å². The molecule has 0 radical (unpaired) electrons. The zero-order valence-corrected chi connectivity index (χ0v) is 19.1. The monoisotopic (exact) mass is 536 g/mol. The molecular formula is C21H18ClIN4O3. The topological polar surface area (TPSA) is 98.3 Å². The first-order chi connectivity index (χ1) is 14.3. The number of rotatable bonds is 5. The Labute approximate surface area is 191 Å². The third-order valence-corrected chi connectivity index (χ3v) is 5.83. The molecule has 2 heterocycles. The van der Waals surface area contributed by atoms with Gasteiger partial charge in [-0.15, -0.1) is 0 Å². The third kappa shape index (κ3) is 3.70. The Kier molecular flexibility index (Phi) is 5.56. The maximum atomic E-state index is 12.8. The molecule has 9 heteroatoms. The minimum atomic E-state index is -0.911. The van der Waals surface area contributed by atoms with Gasteiger partial charge < -0.3 is 15.4 Å². The van der Waals surface area contributed by atoms with Crippen molar-refractivity contribution in [3.63, 3.8) is 0 Å². The first kappa shape index (κ1) is 20.8. The van der Waals surface area contributed by atoms with Crippen molar-refractivity contribution in [2.75, 3.05) is 13.6 Å². The van der Waals surface area contributed by atoms with Gasteiger partial charge in [0.05, 0.1) is 17.1 Å². The molecule has 1 aliphatic heterocycles. The minimum Gasteiger partial charge on any atom is -0.387 e. The quantitative estimate of drug-likeness (QED) is 0.344. The van der Waals surface area contributed by atoms with Crippen molar-refractivity contribution >= 4 is 62.6 Å². The number of aliphatic hydroxyl groups excluding tert-OH is 1. The predicted octanol–water partition coefficient (Wildman–Crippen LogP) is 3.16. The molecule has 1 aromatic heterocycles. The largest absolute Gasteiger partial charge is 0.387 e. The normalized spacial score (nSPS) is 15.4. The summed E-state index contributed by atoms with van der Waals surface area (Å²) in [5.41, 5.74) is 3.37. The van der Waals surface area contributed by atoms with Crippen LogP contribution in [0.4, 0.5) is 0 Å². The lowest BCUT2D eigenvalue weighted by atomic mass is 10.1. The fraction of sp³-hybridized carbons (Fsp3) is 0.190. The number of amides is 2. The molecule has 0 saturated carbocycles. The Morgan fingerprint density at radius 1 is 1.27 bits per heavy atom. The number of aliphatic hydroxyl groups is 1. The summed E-state index contributed by atoms with van der Waals surface area (Å²) in [5, 5.41) is 13.9. The first-order valence-electron chi connectivity index (χ1n) is 9.16. The summed E-state index contributed by atoms with van der Waals surface area (Å²) in [6.07, 6.45) is -0.911. The summed E-state index contributed by atoms with van der Waals surface area (Å²) < 4.78 is 1.04. The van der Waals surface area contributed by atoms with E-state index in [0.29, 0.717) is 16.4 Å². The van der Waals surface area contributed by atoms with E-state index >= 15 is 0 Å². The molecule has 0 unspecified atom stereocenters. The summed E-state index contributed by atoms with van der Waals surface area (Å²) in [4.78, 5) is 34.2. The molecule has 7 nitrogen and oxygen atoms in total. The Hall–Kier alpha value is -2.43. The van der Waals surface area contributed by atoms with Gasteiger partial charge in [-0.25, -0.2) is 4.98 Å². The SMILES string of the molecule is Cc1cc(I)cc2[nH]c(C3=C(NC[C@@H](O)c4cccc(Cl)c4)C(=O)N(C)C3=O)nc12. The van der Waals surface area contributed by atoms with E-state index in [1.54, 1.807) is 24.3 Å². The van der Waals surface area contributed by atoms with Gasteiger partial charge in [0.15, 0.2) is 0 Å². The van der Waals surface area contributed by atoms with Crippen molar-refractivity contribution in [1.82, 2.24) is 20.2 Å². The van der Waals surface area contributed by atoms with Crippen LogP contribution < -0.4 is 5.32 Å². The fourth-order valence-electron chi connectivity index (χ4n) is 3.42. The Morgan fingerprint density at radius 3 is 2.77 bits per heavy atom. The van der Waals surface area contributed by atoms with E-state index in [2.05, 4.69) is 37.9 Å². The zero-order chi connectivity index (χ0) is 21.6. The molecule has 0 spiro atoms. The lowest BCUT2D eigenvalue weighted by molar-refractivity contribution is -0.135. The number of fused-ring (bicyclic) bond motifs is 1. The van der Waals surface area contributed by atoms with Gasteiger partial charge in [-0.1, -0.05) is 23.7 Å². The number of carbonyl (C=O) groups is 2. The maximum Gasteiger partial charge on any atom is 0.277 e. The second-order valence-electron chi connectivity index (χ2n) is 7.08. The highest BCUT2D eigenvalue weighted by Crippen LogP contribution is 2.29. The average molecular weight is 537 g/mol. The van der Waals surface area contributed by atoms with Crippen LogP contribution in [0.5, 0.6) is 0 Å². The number of aromatic amines is 1. The van der Waals surface area contributed by atoms with E-state index in [9.17, 15) is 14.7 Å². The van der Waals surface area contributed by atoms with Gasteiger partial charge in [0.25, 0.3) is 11.8 Å². The molecule has 3 N–H and O–H groups in total. The number of aryl methyl sites for hydroxylation is 1. The van der Waals surface area contributed by atoms with Gasteiger partial charge in [-0.3, -0.25) is 14.5 Å². The molecule has 0 bridgehead atoms. The lowest BCUT2D eigenvalue weighted by Crippen LogP contribution is -2.31. The predicted molar refractivity (Wildman–Crippen MR) is 123 cm³/mol. The van der Waals surface area contributed by atoms with Crippen LogP contribution in [0.25, 0.3) is 16.6 Å². The second kappa shape index (κ2) is 8.01. The summed E-state index contributed by atoms with van der Waals surface area (Å²) in [6.45, 7) is 1.97. The molecular weight excluding hydrogens is 519 g/mol. The number of nitrogens with zero attached hydrogens (tertiary/aromatic N) is 2. The van der Waals surface area contributed by atoms with Crippen molar-refractivity contribution < 1.29 is 14.7 Å². The first-order valence-corrected chi connectivity index (χ1v) is 10.6. The molecule has 1 atom stereocenters. The number of hydrogen-bond acceptors (Lipinski definition) is 5. The molecule has 4 rings (SSSR count). The molecule has 2 aromatic carbocycles. The summed E-state index contributed by atoms with van der Waals surface area (Å²) in [5.74, 6) is -0.608. The van der Waals surface area contributed by atoms with E-state index in [0.717, 1.165) is 25.1 Å². The van der Waals surface area contributed by atoms with Crippen molar-refractivity contribution in [3.8, 4) is 0 Å². The summed E-state index contributed by atoms with van der Waals surface area (Å²) in [6, 6.07) is 10.8. The minimum absolute atomic E-state index is 0.0309. The standard InChI is InChI=1S/C21H18ClIN4O3/c1-10-6-13(23)8-14-17(10)26-19(25-14)16-18(21(30)27(2)20(16)29)24-9-15(28)11-4-3-5-12(22)7-11/h3-8,15,24,28H,9H2,1-2H3,(H,25,26)/t15-/m1/s1. The van der Waals surface area contributed by atoms with E-state index in [4.69, 9.17) is 11.6 Å². The number of nitrogens with one attached hydrogen (secondary N) is 2. The van der Waals surface area contributed by atoms with Crippen LogP contribution in [0.3, 0.4) is 0 Å². The van der Waals surface area contributed by atoms with Crippen molar-refractivity contribution in [1.29, 1.82) is 0 Å². The Bertz CT molecular complexity index is 1220. The van der Waals surface area contributed by atoms with Gasteiger partial charge in [-0.2, -0.15) is 0 Å². The highest BCUT2D eigenvalue weighted by atomic mass is 127. The Morgan fingerprint density at radius 2 is 2.03 bits per heavy atom. The van der Waals surface area contributed by atoms with Crippen LogP contribution in [0.2, 0.25) is 5.02 Å². The van der Waals surface area contributed by atoms with Gasteiger partial charge in [-0.05, 0) is 64.9 Å². The smallest absolute Gasteiger partial charge is 0.277 e. The molecule has 2 amide bonds. The van der Waals surface area contributed by atoms with Gasteiger partial charge in [0.2, 0.25) is 0 Å². The molecule has 0 fully saturated rings.